The highest BCUT2D eigenvalue weighted by Crippen LogP contribution is 2.28. The quantitative estimate of drug-likeness (QED) is 0.595. The lowest BCUT2D eigenvalue weighted by atomic mass is 10.2. The Morgan fingerprint density at radius 2 is 1.82 bits per heavy atom. The lowest BCUT2D eigenvalue weighted by Gasteiger charge is -2.15. The molecule has 0 saturated carbocycles. The van der Waals surface area contributed by atoms with E-state index in [1.54, 1.807) is 6.07 Å². The molecule has 0 bridgehead atoms. The molecule has 1 N–H and O–H groups in total. The van der Waals surface area contributed by atoms with E-state index in [4.69, 9.17) is 14.6 Å². The van der Waals surface area contributed by atoms with E-state index in [0.717, 1.165) is 5.01 Å². The van der Waals surface area contributed by atoms with E-state index in [9.17, 15) is 9.70 Å². The Labute approximate surface area is 97.5 Å². The smallest absolute Gasteiger partial charge is 0.325 e. The molecule has 17 heavy (non-hydrogen) atoms. The molecular formula is C10H12N2O5. The Hall–Kier alpha value is -2.31. The predicted octanol–water partition coefficient (Wildman–Crippen LogP) is 1.28. The molecule has 0 heterocycles. The summed E-state index contributed by atoms with van der Waals surface area (Å²) in [6.45, 7) is -0.528. The first kappa shape index (κ1) is 12.8. The molecule has 92 valence electrons. The van der Waals surface area contributed by atoms with Crippen LogP contribution in [0.1, 0.15) is 0 Å². The first-order chi connectivity index (χ1) is 8.10. The average molecular weight is 240 g/mol. The van der Waals surface area contributed by atoms with E-state index in [1.165, 1.54) is 26.4 Å². The molecule has 0 radical (unpaired) electrons. The number of aliphatic carboxylic acids is 1. The molecule has 0 saturated heterocycles. The van der Waals surface area contributed by atoms with Gasteiger partial charge in [-0.3, -0.25) is 4.79 Å². The first-order valence-corrected chi connectivity index (χ1v) is 4.66. The molecule has 1 aromatic carbocycles. The minimum absolute atomic E-state index is 0.290. The first-order valence-electron chi connectivity index (χ1n) is 4.66. The summed E-state index contributed by atoms with van der Waals surface area (Å²) < 4.78 is 10.00. The van der Waals surface area contributed by atoms with Crippen LogP contribution in [0.15, 0.2) is 23.5 Å². The molecule has 1 aromatic rings. The molecular weight excluding hydrogens is 228 g/mol. The van der Waals surface area contributed by atoms with Crippen LogP contribution in [0, 0.1) is 4.91 Å². The summed E-state index contributed by atoms with van der Waals surface area (Å²) >= 11 is 0. The number of nitroso groups, excluding NO2 is 1. The van der Waals surface area contributed by atoms with Crippen molar-refractivity contribution in [2.45, 2.75) is 0 Å². The van der Waals surface area contributed by atoms with E-state index in [2.05, 4.69) is 5.29 Å². The number of hydrogen-bond donors (Lipinski definition) is 1. The predicted molar refractivity (Wildman–Crippen MR) is 60.3 cm³/mol. The number of carboxylic acids is 1. The van der Waals surface area contributed by atoms with Gasteiger partial charge in [-0.2, -0.15) is 0 Å². The lowest BCUT2D eigenvalue weighted by molar-refractivity contribution is -0.135. The second-order valence-corrected chi connectivity index (χ2v) is 3.10. The standard InChI is InChI=1S/C10H12N2O5/c1-16-8-3-7(4-9(5-8)17-2)12(11-15)6-10(13)14/h3-5H,6H2,1-2H3,(H,13,14). The second kappa shape index (κ2) is 5.69. The van der Waals surface area contributed by atoms with Gasteiger partial charge in [0.05, 0.1) is 25.2 Å². The van der Waals surface area contributed by atoms with E-state index in [1.807, 2.05) is 0 Å². The van der Waals surface area contributed by atoms with Gasteiger partial charge in [-0.15, -0.1) is 4.91 Å². The summed E-state index contributed by atoms with van der Waals surface area (Å²) in [6.07, 6.45) is 0. The van der Waals surface area contributed by atoms with Crippen LogP contribution in [0.4, 0.5) is 5.69 Å². The van der Waals surface area contributed by atoms with Gasteiger partial charge in [0.2, 0.25) is 0 Å². The van der Waals surface area contributed by atoms with E-state index in [-0.39, 0.29) is 0 Å². The Bertz CT molecular complexity index is 399. The summed E-state index contributed by atoms with van der Waals surface area (Å²) in [5.41, 5.74) is 0.290. The molecule has 0 spiro atoms. The average Bonchev–Trinajstić information content (AvgIpc) is 2.34. The Kier molecular flexibility index (Phi) is 4.27. The van der Waals surface area contributed by atoms with Crippen molar-refractivity contribution in [3.05, 3.63) is 23.1 Å². The van der Waals surface area contributed by atoms with Crippen LogP contribution in [0.25, 0.3) is 0 Å². The maximum Gasteiger partial charge on any atom is 0.325 e. The van der Waals surface area contributed by atoms with Crippen LogP contribution in [-0.2, 0) is 4.79 Å². The highest BCUT2D eigenvalue weighted by atomic mass is 16.5. The van der Waals surface area contributed by atoms with Crippen molar-refractivity contribution < 1.29 is 19.4 Å². The molecule has 0 unspecified atom stereocenters. The summed E-state index contributed by atoms with van der Waals surface area (Å²) in [6, 6.07) is 4.59. The van der Waals surface area contributed by atoms with Gasteiger partial charge in [0.25, 0.3) is 0 Å². The lowest BCUT2D eigenvalue weighted by Crippen LogP contribution is -2.23. The van der Waals surface area contributed by atoms with Crippen molar-refractivity contribution in [1.29, 1.82) is 0 Å². The van der Waals surface area contributed by atoms with Crippen LogP contribution < -0.4 is 14.5 Å². The molecule has 0 atom stereocenters. The number of benzene rings is 1. The minimum Gasteiger partial charge on any atom is -0.497 e. The molecule has 0 aliphatic rings. The van der Waals surface area contributed by atoms with Gasteiger partial charge in [0, 0.05) is 18.2 Å². The van der Waals surface area contributed by atoms with Crippen LogP contribution >= 0.6 is 0 Å². The summed E-state index contributed by atoms with van der Waals surface area (Å²) in [7, 11) is 2.91. The van der Waals surface area contributed by atoms with Gasteiger partial charge in [-0.05, 0) is 0 Å². The van der Waals surface area contributed by atoms with Gasteiger partial charge in [-0.1, -0.05) is 0 Å². The number of anilines is 1. The topological polar surface area (TPSA) is 88.4 Å². The molecule has 0 aromatic heterocycles. The molecule has 0 aliphatic carbocycles. The molecule has 7 heteroatoms. The largest absolute Gasteiger partial charge is 0.497 e. The molecule has 7 nitrogen and oxygen atoms in total. The maximum atomic E-state index is 10.6. The highest BCUT2D eigenvalue weighted by molar-refractivity contribution is 5.74. The van der Waals surface area contributed by atoms with Gasteiger partial charge in [-0.25, -0.2) is 5.01 Å². The monoisotopic (exact) mass is 240 g/mol. The van der Waals surface area contributed by atoms with Crippen LogP contribution in [-0.4, -0.2) is 31.8 Å². The molecule has 0 amide bonds. The third-order valence-corrected chi connectivity index (χ3v) is 2.02. The van der Waals surface area contributed by atoms with Crippen LogP contribution in [0.2, 0.25) is 0 Å². The molecule has 0 fully saturated rings. The van der Waals surface area contributed by atoms with Crippen molar-refractivity contribution in [1.82, 2.24) is 0 Å². The summed E-state index contributed by atoms with van der Waals surface area (Å²) in [4.78, 5) is 21.1. The normalized spacial score (nSPS) is 9.53. The third kappa shape index (κ3) is 3.33. The molecule has 1 rings (SSSR count). The zero-order chi connectivity index (χ0) is 12.8. The molecule has 0 aliphatic heterocycles. The zero-order valence-corrected chi connectivity index (χ0v) is 9.41. The van der Waals surface area contributed by atoms with Gasteiger partial charge in [0.15, 0.2) is 0 Å². The van der Waals surface area contributed by atoms with Crippen molar-refractivity contribution in [2.24, 2.45) is 5.29 Å². The van der Waals surface area contributed by atoms with Crippen molar-refractivity contribution >= 4 is 11.7 Å². The number of hydrogen-bond acceptors (Lipinski definition) is 5. The van der Waals surface area contributed by atoms with E-state index >= 15 is 0 Å². The van der Waals surface area contributed by atoms with Crippen molar-refractivity contribution in [3.8, 4) is 11.5 Å². The van der Waals surface area contributed by atoms with E-state index < -0.39 is 12.5 Å². The SMILES string of the molecule is COc1cc(OC)cc(N(CC(=O)O)N=O)c1. The van der Waals surface area contributed by atoms with Crippen molar-refractivity contribution in [2.75, 3.05) is 25.8 Å². The number of carbonyl (C=O) groups is 1. The van der Waals surface area contributed by atoms with Gasteiger partial charge >= 0.3 is 5.97 Å². The van der Waals surface area contributed by atoms with Crippen molar-refractivity contribution in [3.63, 3.8) is 0 Å². The number of ether oxygens (including phenoxy) is 2. The summed E-state index contributed by atoms with van der Waals surface area (Å²) in [5, 5.41) is 12.1. The summed E-state index contributed by atoms with van der Waals surface area (Å²) in [5.74, 6) is -0.275. The Balaban J connectivity index is 3.08. The fourth-order valence-corrected chi connectivity index (χ4v) is 1.24. The number of rotatable bonds is 6. The second-order valence-electron chi connectivity index (χ2n) is 3.10. The van der Waals surface area contributed by atoms with Gasteiger partial charge < -0.3 is 14.6 Å². The number of nitrogens with zero attached hydrogens (tertiary/aromatic N) is 2. The highest BCUT2D eigenvalue weighted by Gasteiger charge is 2.13. The fraction of sp³-hybridized carbons (Fsp3) is 0.300. The number of methoxy groups -OCH3 is 2. The number of carboxylic acid groups (broad SMARTS) is 1. The Morgan fingerprint density at radius 3 is 2.18 bits per heavy atom. The fourth-order valence-electron chi connectivity index (χ4n) is 1.24. The minimum atomic E-state index is -1.16. The van der Waals surface area contributed by atoms with Crippen LogP contribution in [0.5, 0.6) is 11.5 Å². The van der Waals surface area contributed by atoms with E-state index in [0.29, 0.717) is 17.2 Å². The van der Waals surface area contributed by atoms with Crippen LogP contribution in [0.3, 0.4) is 0 Å². The zero-order valence-electron chi connectivity index (χ0n) is 9.41. The van der Waals surface area contributed by atoms with Gasteiger partial charge in [0.1, 0.15) is 18.0 Å². The Morgan fingerprint density at radius 1 is 1.29 bits per heavy atom. The maximum absolute atomic E-state index is 10.6. The third-order valence-electron chi connectivity index (χ3n) is 2.02.